The van der Waals surface area contributed by atoms with Crippen LogP contribution in [0.25, 0.3) is 0 Å². The van der Waals surface area contributed by atoms with Gasteiger partial charge in [0.25, 0.3) is 0 Å². The quantitative estimate of drug-likeness (QED) is 0.908. The van der Waals surface area contributed by atoms with Crippen LogP contribution in [0.5, 0.6) is 0 Å². The second-order valence-electron chi connectivity index (χ2n) is 7.59. The number of fused-ring (bicyclic) bond motifs is 2. The molecule has 0 unspecified atom stereocenters. The van der Waals surface area contributed by atoms with Gasteiger partial charge in [-0.2, -0.15) is 0 Å². The number of rotatable bonds is 2. The highest BCUT2D eigenvalue weighted by Crippen LogP contribution is 2.32. The van der Waals surface area contributed by atoms with Gasteiger partial charge in [0.2, 0.25) is 0 Å². The number of amides is 1. The zero-order chi connectivity index (χ0) is 16.6. The van der Waals surface area contributed by atoms with Crippen LogP contribution in [0.3, 0.4) is 0 Å². The van der Waals surface area contributed by atoms with Crippen molar-refractivity contribution in [3.8, 4) is 0 Å². The van der Waals surface area contributed by atoms with Crippen molar-refractivity contribution in [2.24, 2.45) is 0 Å². The standard InChI is InChI=1S/C18H26N2O3/c1-18(2,3)23-17(22)20-14-9-16(21)15(20)12-19(11-14)10-13-7-5-4-6-8-13/h4-8,14-16,21H,9-12H2,1-3H3/t14-,15-,16+/m0/s1. The highest BCUT2D eigenvalue weighted by Gasteiger charge is 2.49. The molecule has 1 aromatic carbocycles. The van der Waals surface area contributed by atoms with E-state index in [1.54, 1.807) is 4.90 Å². The van der Waals surface area contributed by atoms with Crippen molar-refractivity contribution in [1.82, 2.24) is 9.80 Å². The van der Waals surface area contributed by atoms with Crippen molar-refractivity contribution in [3.05, 3.63) is 35.9 Å². The van der Waals surface area contributed by atoms with Crippen LogP contribution < -0.4 is 0 Å². The van der Waals surface area contributed by atoms with Crippen LogP contribution in [0, 0.1) is 0 Å². The normalized spacial score (nSPS) is 28.0. The summed E-state index contributed by atoms with van der Waals surface area (Å²) in [5.41, 5.74) is 0.745. The number of aliphatic hydroxyl groups is 1. The smallest absolute Gasteiger partial charge is 0.410 e. The average molecular weight is 318 g/mol. The third kappa shape index (κ3) is 3.67. The Hall–Kier alpha value is -1.59. The van der Waals surface area contributed by atoms with Gasteiger partial charge in [0.15, 0.2) is 0 Å². The first-order valence-corrected chi connectivity index (χ1v) is 8.29. The molecule has 1 aromatic rings. The zero-order valence-electron chi connectivity index (χ0n) is 14.1. The Bertz CT molecular complexity index is 555. The molecule has 1 amide bonds. The lowest BCUT2D eigenvalue weighted by atomic mass is 10.1. The van der Waals surface area contributed by atoms with Gasteiger partial charge < -0.3 is 9.84 Å². The van der Waals surface area contributed by atoms with Crippen molar-refractivity contribution in [1.29, 1.82) is 0 Å². The van der Waals surface area contributed by atoms with Gasteiger partial charge >= 0.3 is 6.09 Å². The first-order chi connectivity index (χ1) is 10.8. The maximum Gasteiger partial charge on any atom is 0.410 e. The summed E-state index contributed by atoms with van der Waals surface area (Å²) in [6.07, 6.45) is -0.133. The van der Waals surface area contributed by atoms with Gasteiger partial charge in [-0.15, -0.1) is 0 Å². The van der Waals surface area contributed by atoms with E-state index < -0.39 is 11.7 Å². The number of likely N-dealkylation sites (tertiary alicyclic amines) is 1. The minimum atomic E-state index is -0.511. The second kappa shape index (κ2) is 6.13. The number of hydrogen-bond donors (Lipinski definition) is 1. The number of carbonyl (C=O) groups is 1. The summed E-state index contributed by atoms with van der Waals surface area (Å²) >= 11 is 0. The fourth-order valence-corrected chi connectivity index (χ4v) is 3.58. The van der Waals surface area contributed by atoms with Crippen LogP contribution in [0.1, 0.15) is 32.8 Å². The van der Waals surface area contributed by atoms with Crippen molar-refractivity contribution in [2.75, 3.05) is 13.1 Å². The molecule has 2 fully saturated rings. The van der Waals surface area contributed by atoms with Crippen LogP contribution in [0.2, 0.25) is 0 Å². The Morgan fingerprint density at radius 3 is 2.57 bits per heavy atom. The Morgan fingerprint density at radius 1 is 1.26 bits per heavy atom. The monoisotopic (exact) mass is 318 g/mol. The largest absolute Gasteiger partial charge is 0.444 e. The molecule has 0 saturated carbocycles. The molecule has 2 aliphatic heterocycles. The van der Waals surface area contributed by atoms with Gasteiger partial charge in [0.1, 0.15) is 5.60 Å². The number of piperazine rings is 1. The maximum atomic E-state index is 12.5. The Kier molecular flexibility index (Phi) is 4.34. The third-order valence-electron chi connectivity index (χ3n) is 4.48. The summed E-state index contributed by atoms with van der Waals surface area (Å²) in [5.74, 6) is 0. The number of ether oxygens (including phenoxy) is 1. The van der Waals surface area contributed by atoms with Crippen LogP contribution in [0.4, 0.5) is 4.79 Å². The Morgan fingerprint density at radius 2 is 1.96 bits per heavy atom. The maximum absolute atomic E-state index is 12.5. The summed E-state index contributed by atoms with van der Waals surface area (Å²) in [6.45, 7) is 7.93. The predicted molar refractivity (Wildman–Crippen MR) is 88.0 cm³/mol. The fourth-order valence-electron chi connectivity index (χ4n) is 3.58. The highest BCUT2D eigenvalue weighted by molar-refractivity contribution is 5.70. The summed E-state index contributed by atoms with van der Waals surface area (Å²) in [5, 5.41) is 10.3. The van der Waals surface area contributed by atoms with E-state index in [0.29, 0.717) is 13.0 Å². The molecule has 2 aliphatic rings. The Labute approximate surface area is 137 Å². The topological polar surface area (TPSA) is 53.0 Å². The highest BCUT2D eigenvalue weighted by atomic mass is 16.6. The zero-order valence-corrected chi connectivity index (χ0v) is 14.1. The summed E-state index contributed by atoms with van der Waals surface area (Å²) < 4.78 is 5.52. The van der Waals surface area contributed by atoms with Crippen molar-refractivity contribution < 1.29 is 14.6 Å². The van der Waals surface area contributed by atoms with Gasteiger partial charge in [-0.25, -0.2) is 4.79 Å². The van der Waals surface area contributed by atoms with E-state index in [-0.39, 0.29) is 18.2 Å². The lowest BCUT2D eigenvalue weighted by Crippen LogP contribution is -2.57. The predicted octanol–water partition coefficient (Wildman–Crippen LogP) is 2.24. The molecule has 3 rings (SSSR count). The molecule has 23 heavy (non-hydrogen) atoms. The molecule has 126 valence electrons. The van der Waals surface area contributed by atoms with Gasteiger partial charge in [-0.3, -0.25) is 9.80 Å². The molecule has 1 N–H and O–H groups in total. The van der Waals surface area contributed by atoms with Crippen LogP contribution >= 0.6 is 0 Å². The number of hydrogen-bond acceptors (Lipinski definition) is 4. The summed E-state index contributed by atoms with van der Waals surface area (Å²) in [6, 6.07) is 10.2. The summed E-state index contributed by atoms with van der Waals surface area (Å²) in [7, 11) is 0. The molecule has 0 radical (unpaired) electrons. The molecule has 0 aromatic heterocycles. The van der Waals surface area contributed by atoms with Crippen LogP contribution in [-0.2, 0) is 11.3 Å². The molecular formula is C18H26N2O3. The average Bonchev–Trinajstić information content (AvgIpc) is 2.65. The molecule has 2 bridgehead atoms. The molecule has 5 heteroatoms. The lowest BCUT2D eigenvalue weighted by molar-refractivity contribution is -0.0143. The van der Waals surface area contributed by atoms with E-state index in [1.165, 1.54) is 5.56 Å². The van der Waals surface area contributed by atoms with E-state index >= 15 is 0 Å². The SMILES string of the molecule is CC(C)(C)OC(=O)N1[C@H]2C[C@@H](O)[C@@H]1CN(Cc1ccccc1)C2. The molecule has 2 saturated heterocycles. The number of benzene rings is 1. The number of carbonyl (C=O) groups excluding carboxylic acids is 1. The fraction of sp³-hybridized carbons (Fsp3) is 0.611. The summed E-state index contributed by atoms with van der Waals surface area (Å²) in [4.78, 5) is 16.5. The van der Waals surface area contributed by atoms with Gasteiger partial charge in [0.05, 0.1) is 18.2 Å². The van der Waals surface area contributed by atoms with Crippen molar-refractivity contribution in [2.45, 2.75) is 57.5 Å². The van der Waals surface area contributed by atoms with Crippen LogP contribution in [0.15, 0.2) is 30.3 Å². The second-order valence-corrected chi connectivity index (χ2v) is 7.59. The van der Waals surface area contributed by atoms with Crippen molar-refractivity contribution in [3.63, 3.8) is 0 Å². The van der Waals surface area contributed by atoms with E-state index in [2.05, 4.69) is 17.0 Å². The third-order valence-corrected chi connectivity index (χ3v) is 4.48. The van der Waals surface area contributed by atoms with Gasteiger partial charge in [-0.1, -0.05) is 30.3 Å². The number of aliphatic hydroxyl groups excluding tert-OH is 1. The molecule has 0 spiro atoms. The first kappa shape index (κ1) is 16.3. The molecule has 0 aliphatic carbocycles. The minimum Gasteiger partial charge on any atom is -0.444 e. The Balaban J connectivity index is 1.68. The molecule has 5 nitrogen and oxygen atoms in total. The number of nitrogens with zero attached hydrogens (tertiary/aromatic N) is 2. The molecule has 3 atom stereocenters. The first-order valence-electron chi connectivity index (χ1n) is 8.29. The van der Waals surface area contributed by atoms with E-state index in [9.17, 15) is 9.90 Å². The molecule has 2 heterocycles. The van der Waals surface area contributed by atoms with Gasteiger partial charge in [-0.05, 0) is 32.8 Å². The van der Waals surface area contributed by atoms with E-state index in [0.717, 1.165) is 13.1 Å². The minimum absolute atomic E-state index is 0.0299. The van der Waals surface area contributed by atoms with Crippen molar-refractivity contribution >= 4 is 6.09 Å². The van der Waals surface area contributed by atoms with Crippen LogP contribution in [-0.4, -0.2) is 57.9 Å². The van der Waals surface area contributed by atoms with Gasteiger partial charge in [0, 0.05) is 19.6 Å². The molecular weight excluding hydrogens is 292 g/mol. The lowest BCUT2D eigenvalue weighted by Gasteiger charge is -2.41. The van der Waals surface area contributed by atoms with E-state index in [4.69, 9.17) is 4.74 Å². The van der Waals surface area contributed by atoms with E-state index in [1.807, 2.05) is 39.0 Å².